The Balaban J connectivity index is 2.13. The van der Waals surface area contributed by atoms with Gasteiger partial charge in [0.2, 0.25) is 0 Å². The van der Waals surface area contributed by atoms with E-state index in [-0.39, 0.29) is 0 Å². The van der Waals surface area contributed by atoms with E-state index in [0.29, 0.717) is 0 Å². The highest BCUT2D eigenvalue weighted by molar-refractivity contribution is 6.09. The van der Waals surface area contributed by atoms with Gasteiger partial charge in [-0.2, -0.15) is 0 Å². The molecule has 0 fully saturated rings. The highest BCUT2D eigenvalue weighted by Gasteiger charge is 2.11. The first-order valence-electron chi connectivity index (χ1n) is 6.15. The Labute approximate surface area is 110 Å². The van der Waals surface area contributed by atoms with E-state index in [1.54, 1.807) is 6.20 Å². The molecular formula is C17H10NO. The Bertz CT molecular complexity index is 862. The van der Waals surface area contributed by atoms with Crippen molar-refractivity contribution >= 4 is 21.9 Å². The summed E-state index contributed by atoms with van der Waals surface area (Å²) in [6.07, 6.45) is 3.63. The van der Waals surface area contributed by atoms with Crippen molar-refractivity contribution < 1.29 is 4.42 Å². The second-order valence-electron chi connectivity index (χ2n) is 4.45. The third kappa shape index (κ3) is 1.54. The molecule has 0 bridgehead atoms. The Morgan fingerprint density at radius 1 is 1.00 bits per heavy atom. The maximum Gasteiger partial charge on any atom is 0.143 e. The van der Waals surface area contributed by atoms with Crippen LogP contribution in [-0.2, 0) is 0 Å². The van der Waals surface area contributed by atoms with Crippen molar-refractivity contribution in [3.05, 3.63) is 67.0 Å². The average Bonchev–Trinajstić information content (AvgIpc) is 2.87. The standard InChI is InChI=1S/C17H10NO/c1-2-9-16-14(6-1)15-8-3-7-13(17(15)19-16)12-5-4-10-18-11-12/h1,3-11H. The Morgan fingerprint density at radius 3 is 2.89 bits per heavy atom. The molecule has 2 nitrogen and oxygen atoms in total. The molecular weight excluding hydrogens is 234 g/mol. The highest BCUT2D eigenvalue weighted by atomic mass is 16.3. The molecule has 0 unspecified atom stereocenters. The summed E-state index contributed by atoms with van der Waals surface area (Å²) in [6, 6.07) is 19.0. The van der Waals surface area contributed by atoms with Crippen LogP contribution in [-0.4, -0.2) is 4.98 Å². The molecule has 0 aliphatic carbocycles. The molecule has 2 heterocycles. The van der Waals surface area contributed by atoms with Gasteiger partial charge in [0.05, 0.1) is 0 Å². The number of para-hydroxylation sites is 1. The predicted molar refractivity (Wildman–Crippen MR) is 75.8 cm³/mol. The first-order valence-corrected chi connectivity index (χ1v) is 6.15. The minimum absolute atomic E-state index is 0.869. The number of hydrogen-bond donors (Lipinski definition) is 0. The molecule has 0 atom stereocenters. The van der Waals surface area contributed by atoms with Crippen LogP contribution in [0.1, 0.15) is 0 Å². The van der Waals surface area contributed by atoms with Crippen LogP contribution in [0.5, 0.6) is 0 Å². The van der Waals surface area contributed by atoms with Gasteiger partial charge in [-0.25, -0.2) is 0 Å². The number of hydrogen-bond acceptors (Lipinski definition) is 2. The van der Waals surface area contributed by atoms with Gasteiger partial charge in [-0.05, 0) is 24.3 Å². The molecule has 19 heavy (non-hydrogen) atoms. The predicted octanol–water partition coefficient (Wildman–Crippen LogP) is 4.45. The number of nitrogens with zero attached hydrogens (tertiary/aromatic N) is 1. The van der Waals surface area contributed by atoms with E-state index < -0.39 is 0 Å². The van der Waals surface area contributed by atoms with E-state index in [0.717, 1.165) is 33.1 Å². The van der Waals surface area contributed by atoms with Crippen LogP contribution in [0.15, 0.2) is 65.3 Å². The summed E-state index contributed by atoms with van der Waals surface area (Å²) in [5.41, 5.74) is 3.91. The Kier molecular flexibility index (Phi) is 2.15. The zero-order chi connectivity index (χ0) is 12.7. The summed E-state index contributed by atoms with van der Waals surface area (Å²) in [5, 5.41) is 2.25. The van der Waals surface area contributed by atoms with Crippen LogP contribution in [0, 0.1) is 6.07 Å². The molecule has 2 aromatic heterocycles. The first-order chi connectivity index (χ1) is 9.43. The van der Waals surface area contributed by atoms with Gasteiger partial charge in [0.15, 0.2) is 0 Å². The van der Waals surface area contributed by atoms with Crippen molar-refractivity contribution in [3.8, 4) is 11.1 Å². The van der Waals surface area contributed by atoms with Crippen molar-refractivity contribution in [2.24, 2.45) is 0 Å². The van der Waals surface area contributed by atoms with E-state index in [2.05, 4.69) is 29.2 Å². The molecule has 1 radical (unpaired) electrons. The van der Waals surface area contributed by atoms with Crippen LogP contribution in [0.2, 0.25) is 0 Å². The van der Waals surface area contributed by atoms with Crippen molar-refractivity contribution in [1.29, 1.82) is 0 Å². The minimum atomic E-state index is 0.869. The van der Waals surface area contributed by atoms with Gasteiger partial charge < -0.3 is 4.42 Å². The van der Waals surface area contributed by atoms with E-state index in [1.807, 2.05) is 36.5 Å². The molecule has 2 heteroatoms. The zero-order valence-corrected chi connectivity index (χ0v) is 10.1. The van der Waals surface area contributed by atoms with Gasteiger partial charge in [-0.3, -0.25) is 4.98 Å². The lowest BCUT2D eigenvalue weighted by atomic mass is 10.0. The number of furan rings is 1. The van der Waals surface area contributed by atoms with Gasteiger partial charge in [-0.1, -0.05) is 30.3 Å². The number of rotatable bonds is 1. The average molecular weight is 244 g/mol. The fourth-order valence-corrected chi connectivity index (χ4v) is 2.44. The molecule has 0 aliphatic heterocycles. The molecule has 0 saturated carbocycles. The molecule has 4 rings (SSSR count). The van der Waals surface area contributed by atoms with Crippen LogP contribution >= 0.6 is 0 Å². The van der Waals surface area contributed by atoms with E-state index in [1.165, 1.54) is 0 Å². The fourth-order valence-electron chi connectivity index (χ4n) is 2.44. The van der Waals surface area contributed by atoms with Gasteiger partial charge in [0.1, 0.15) is 11.2 Å². The maximum atomic E-state index is 5.98. The van der Waals surface area contributed by atoms with E-state index in [4.69, 9.17) is 4.42 Å². The fraction of sp³-hybridized carbons (Fsp3) is 0. The summed E-state index contributed by atoms with van der Waals surface area (Å²) in [4.78, 5) is 4.17. The third-order valence-electron chi connectivity index (χ3n) is 3.32. The topological polar surface area (TPSA) is 26.0 Å². The zero-order valence-electron chi connectivity index (χ0n) is 10.1. The quantitative estimate of drug-likeness (QED) is 0.494. The van der Waals surface area contributed by atoms with Gasteiger partial charge in [0.25, 0.3) is 0 Å². The summed E-state index contributed by atoms with van der Waals surface area (Å²) in [5.74, 6) is 0. The molecule has 89 valence electrons. The van der Waals surface area contributed by atoms with Gasteiger partial charge in [-0.15, -0.1) is 0 Å². The third-order valence-corrected chi connectivity index (χ3v) is 3.32. The SMILES string of the molecule is [c]1ccc2c(c1)oc1c(-c3cccnc3)cccc12. The van der Waals surface area contributed by atoms with Crippen LogP contribution in [0.3, 0.4) is 0 Å². The number of aromatic nitrogens is 1. The monoisotopic (exact) mass is 244 g/mol. The number of fused-ring (bicyclic) bond motifs is 3. The van der Waals surface area contributed by atoms with Crippen molar-refractivity contribution in [2.45, 2.75) is 0 Å². The second-order valence-corrected chi connectivity index (χ2v) is 4.45. The summed E-state index contributed by atoms with van der Waals surface area (Å²) >= 11 is 0. The molecule has 0 aliphatic rings. The minimum Gasteiger partial charge on any atom is -0.455 e. The number of pyridine rings is 1. The molecule has 0 spiro atoms. The number of benzene rings is 2. The molecule has 4 aromatic rings. The lowest BCUT2D eigenvalue weighted by Crippen LogP contribution is -1.79. The largest absolute Gasteiger partial charge is 0.455 e. The first kappa shape index (κ1) is 10.3. The van der Waals surface area contributed by atoms with Gasteiger partial charge in [0, 0.05) is 34.3 Å². The summed E-state index contributed by atoms with van der Waals surface area (Å²) < 4.78 is 5.98. The molecule has 0 saturated heterocycles. The van der Waals surface area contributed by atoms with E-state index in [9.17, 15) is 0 Å². The normalized spacial score (nSPS) is 11.2. The molecule has 0 amide bonds. The van der Waals surface area contributed by atoms with Crippen molar-refractivity contribution in [3.63, 3.8) is 0 Å². The summed E-state index contributed by atoms with van der Waals surface area (Å²) in [7, 11) is 0. The van der Waals surface area contributed by atoms with Gasteiger partial charge >= 0.3 is 0 Å². The lowest BCUT2D eigenvalue weighted by Gasteiger charge is -2.01. The lowest BCUT2D eigenvalue weighted by molar-refractivity contribution is 0.670. The Morgan fingerprint density at radius 2 is 2.00 bits per heavy atom. The Hall–Kier alpha value is -2.61. The molecule has 0 N–H and O–H groups in total. The smallest absolute Gasteiger partial charge is 0.143 e. The van der Waals surface area contributed by atoms with Crippen LogP contribution in [0.4, 0.5) is 0 Å². The summed E-state index contributed by atoms with van der Waals surface area (Å²) in [6.45, 7) is 0. The van der Waals surface area contributed by atoms with Crippen LogP contribution in [0.25, 0.3) is 33.1 Å². The van der Waals surface area contributed by atoms with Crippen molar-refractivity contribution in [1.82, 2.24) is 4.98 Å². The molecule has 2 aromatic carbocycles. The van der Waals surface area contributed by atoms with E-state index >= 15 is 0 Å². The maximum absolute atomic E-state index is 5.98. The van der Waals surface area contributed by atoms with Crippen LogP contribution < -0.4 is 0 Å². The van der Waals surface area contributed by atoms with Crippen molar-refractivity contribution in [2.75, 3.05) is 0 Å². The second kappa shape index (κ2) is 3.95. The highest BCUT2D eigenvalue weighted by Crippen LogP contribution is 2.34.